The number of nitrogens with zero attached hydrogens (tertiary/aromatic N) is 4. The molecule has 2 aromatic rings. The van der Waals surface area contributed by atoms with Crippen LogP contribution in [-0.4, -0.2) is 16.1 Å². The largest absolute Gasteiger partial charge is 0.310 e. The molecule has 2 heterocycles. The number of benzene rings is 1. The number of nitriles is 1. The number of hydrogen-bond acceptors (Lipinski definition) is 4. The smallest absolute Gasteiger partial charge is 0.272 e. The van der Waals surface area contributed by atoms with Gasteiger partial charge in [0.05, 0.1) is 6.20 Å². The van der Waals surface area contributed by atoms with Crippen molar-refractivity contribution in [1.82, 2.24) is 9.55 Å². The highest BCUT2D eigenvalue weighted by molar-refractivity contribution is 6.30. The maximum absolute atomic E-state index is 12.0. The molecule has 0 N–H and O–H groups in total. The third-order valence-electron chi connectivity index (χ3n) is 3.06. The normalized spacial score (nSPS) is 13.2. The minimum absolute atomic E-state index is 0.0664. The average Bonchev–Trinajstić information content (AvgIpc) is 2.84. The lowest BCUT2D eigenvalue weighted by molar-refractivity contribution is 0.755. The van der Waals surface area contributed by atoms with Crippen molar-refractivity contribution < 1.29 is 0 Å². The lowest BCUT2D eigenvalue weighted by Crippen LogP contribution is -2.22. The Bertz CT molecular complexity index is 747. The fourth-order valence-corrected chi connectivity index (χ4v) is 2.35. The first kappa shape index (κ1) is 11.8. The molecular formula is C13H9ClN4O. The predicted molar refractivity (Wildman–Crippen MR) is 71.7 cm³/mol. The summed E-state index contributed by atoms with van der Waals surface area (Å²) in [5.41, 5.74) is 0.657. The van der Waals surface area contributed by atoms with Crippen LogP contribution in [0, 0.1) is 11.3 Å². The molecule has 0 saturated heterocycles. The molecule has 0 bridgehead atoms. The monoisotopic (exact) mass is 272 g/mol. The lowest BCUT2D eigenvalue weighted by Gasteiger charge is -2.17. The third-order valence-corrected chi connectivity index (χ3v) is 3.29. The maximum Gasteiger partial charge on any atom is 0.272 e. The second-order valence-corrected chi connectivity index (χ2v) is 4.61. The molecule has 5 nitrogen and oxygen atoms in total. The van der Waals surface area contributed by atoms with Crippen molar-refractivity contribution in [2.75, 3.05) is 11.4 Å². The quantitative estimate of drug-likeness (QED) is 0.796. The Kier molecular flexibility index (Phi) is 2.73. The SMILES string of the molecule is N#Cc1cnc2n(c1=O)CCN2c1cccc(Cl)c1. The molecule has 1 aliphatic heterocycles. The van der Waals surface area contributed by atoms with E-state index in [4.69, 9.17) is 16.9 Å². The molecular weight excluding hydrogens is 264 g/mol. The second kappa shape index (κ2) is 4.41. The molecule has 1 aromatic carbocycles. The van der Waals surface area contributed by atoms with Crippen LogP contribution in [0.15, 0.2) is 35.3 Å². The standard InChI is InChI=1S/C13H9ClN4O/c14-10-2-1-3-11(6-10)17-4-5-18-12(19)9(7-15)8-16-13(17)18/h1-3,6,8H,4-5H2. The zero-order chi connectivity index (χ0) is 13.4. The van der Waals surface area contributed by atoms with Crippen molar-refractivity contribution in [3.63, 3.8) is 0 Å². The summed E-state index contributed by atoms with van der Waals surface area (Å²) in [5, 5.41) is 9.47. The molecule has 3 rings (SSSR count). The Labute approximate surface area is 114 Å². The Morgan fingerprint density at radius 3 is 2.95 bits per heavy atom. The number of halogens is 1. The molecule has 94 valence electrons. The van der Waals surface area contributed by atoms with Crippen LogP contribution < -0.4 is 10.5 Å². The van der Waals surface area contributed by atoms with E-state index < -0.39 is 0 Å². The van der Waals surface area contributed by atoms with E-state index in [2.05, 4.69) is 4.98 Å². The van der Waals surface area contributed by atoms with Gasteiger partial charge in [-0.15, -0.1) is 0 Å². The zero-order valence-electron chi connectivity index (χ0n) is 9.88. The second-order valence-electron chi connectivity index (χ2n) is 4.17. The van der Waals surface area contributed by atoms with Crippen molar-refractivity contribution in [2.45, 2.75) is 6.54 Å². The molecule has 0 unspecified atom stereocenters. The molecule has 0 aliphatic carbocycles. The molecule has 1 aromatic heterocycles. The van der Waals surface area contributed by atoms with Gasteiger partial charge in [0.1, 0.15) is 11.6 Å². The van der Waals surface area contributed by atoms with Gasteiger partial charge in [-0.05, 0) is 18.2 Å². The van der Waals surface area contributed by atoms with Gasteiger partial charge >= 0.3 is 0 Å². The fourth-order valence-electron chi connectivity index (χ4n) is 2.17. The van der Waals surface area contributed by atoms with Crippen LogP contribution >= 0.6 is 11.6 Å². The Balaban J connectivity index is 2.11. The van der Waals surface area contributed by atoms with Gasteiger partial charge in [-0.2, -0.15) is 5.26 Å². The van der Waals surface area contributed by atoms with Gasteiger partial charge < -0.3 is 4.90 Å². The molecule has 0 atom stereocenters. The van der Waals surface area contributed by atoms with Crippen LogP contribution in [0.4, 0.5) is 11.6 Å². The first-order valence-electron chi connectivity index (χ1n) is 5.74. The molecule has 0 spiro atoms. The fraction of sp³-hybridized carbons (Fsp3) is 0.154. The molecule has 1 aliphatic rings. The summed E-state index contributed by atoms with van der Waals surface area (Å²) in [4.78, 5) is 18.1. The summed E-state index contributed by atoms with van der Waals surface area (Å²) in [6.07, 6.45) is 1.32. The van der Waals surface area contributed by atoms with Crippen molar-refractivity contribution in [2.24, 2.45) is 0 Å². The van der Waals surface area contributed by atoms with Crippen molar-refractivity contribution >= 4 is 23.2 Å². The van der Waals surface area contributed by atoms with Crippen LogP contribution in [0.2, 0.25) is 5.02 Å². The highest BCUT2D eigenvalue weighted by Gasteiger charge is 2.24. The average molecular weight is 273 g/mol. The van der Waals surface area contributed by atoms with E-state index in [0.717, 1.165) is 5.69 Å². The number of rotatable bonds is 1. The predicted octanol–water partition coefficient (Wildman–Crippen LogP) is 1.92. The summed E-state index contributed by atoms with van der Waals surface area (Å²) < 4.78 is 1.51. The van der Waals surface area contributed by atoms with Gasteiger partial charge in [-0.25, -0.2) is 4.98 Å². The molecule has 0 amide bonds. The van der Waals surface area contributed by atoms with E-state index in [1.165, 1.54) is 10.8 Å². The van der Waals surface area contributed by atoms with Gasteiger partial charge in [0.15, 0.2) is 0 Å². The van der Waals surface area contributed by atoms with Gasteiger partial charge in [0.25, 0.3) is 5.56 Å². The summed E-state index contributed by atoms with van der Waals surface area (Å²) in [7, 11) is 0. The molecule has 0 radical (unpaired) electrons. The van der Waals surface area contributed by atoms with Gasteiger partial charge in [0, 0.05) is 23.8 Å². The number of aromatic nitrogens is 2. The molecule has 19 heavy (non-hydrogen) atoms. The van der Waals surface area contributed by atoms with Crippen molar-refractivity contribution in [3.05, 3.63) is 51.4 Å². The minimum atomic E-state index is -0.294. The molecule has 0 fully saturated rings. The van der Waals surface area contributed by atoms with Crippen LogP contribution in [0.25, 0.3) is 0 Å². The summed E-state index contributed by atoms with van der Waals surface area (Å²) >= 11 is 5.97. The number of hydrogen-bond donors (Lipinski definition) is 0. The van der Waals surface area contributed by atoms with Crippen LogP contribution in [0.5, 0.6) is 0 Å². The van der Waals surface area contributed by atoms with Gasteiger partial charge in [-0.3, -0.25) is 9.36 Å². The van der Waals surface area contributed by atoms with E-state index in [0.29, 0.717) is 24.1 Å². The number of anilines is 2. The Morgan fingerprint density at radius 2 is 2.21 bits per heavy atom. The van der Waals surface area contributed by atoms with Crippen molar-refractivity contribution in [1.29, 1.82) is 5.26 Å². The zero-order valence-corrected chi connectivity index (χ0v) is 10.6. The number of fused-ring (bicyclic) bond motifs is 1. The van der Waals surface area contributed by atoms with E-state index in [9.17, 15) is 4.79 Å². The van der Waals surface area contributed by atoms with Crippen LogP contribution in [0.3, 0.4) is 0 Å². The Morgan fingerprint density at radius 1 is 1.37 bits per heavy atom. The summed E-state index contributed by atoms with van der Waals surface area (Å²) in [6.45, 7) is 1.15. The molecule has 0 saturated carbocycles. The van der Waals surface area contributed by atoms with Gasteiger partial charge in [0.2, 0.25) is 5.95 Å². The van der Waals surface area contributed by atoms with Crippen LogP contribution in [0.1, 0.15) is 5.56 Å². The topological polar surface area (TPSA) is 61.9 Å². The molecule has 6 heteroatoms. The maximum atomic E-state index is 12.0. The Hall–Kier alpha value is -2.32. The first-order chi connectivity index (χ1) is 9.20. The third kappa shape index (κ3) is 1.86. The van der Waals surface area contributed by atoms with Crippen molar-refractivity contribution in [3.8, 4) is 6.07 Å². The minimum Gasteiger partial charge on any atom is -0.310 e. The summed E-state index contributed by atoms with van der Waals surface area (Å²) in [6, 6.07) is 9.22. The first-order valence-corrected chi connectivity index (χ1v) is 6.11. The lowest BCUT2D eigenvalue weighted by atomic mass is 10.3. The van der Waals surface area contributed by atoms with Gasteiger partial charge in [-0.1, -0.05) is 17.7 Å². The van der Waals surface area contributed by atoms with E-state index in [1.807, 2.05) is 29.2 Å². The summed E-state index contributed by atoms with van der Waals surface area (Å²) in [5.74, 6) is 0.547. The van der Waals surface area contributed by atoms with E-state index in [1.54, 1.807) is 6.07 Å². The van der Waals surface area contributed by atoms with Crippen LogP contribution in [-0.2, 0) is 6.54 Å². The van der Waals surface area contributed by atoms with E-state index in [-0.39, 0.29) is 11.1 Å². The highest BCUT2D eigenvalue weighted by Crippen LogP contribution is 2.28. The van der Waals surface area contributed by atoms with E-state index >= 15 is 0 Å². The highest BCUT2D eigenvalue weighted by atomic mass is 35.5.